The van der Waals surface area contributed by atoms with Gasteiger partial charge < -0.3 is 34.7 Å². The first-order valence-corrected chi connectivity index (χ1v) is 10.8. The standard InChI is InChI=1S/C21H27N5O7/c1-3-4-5-6-32-20(30)24-12-7-14(28)25-17-15-11(12)8-26(18(15)23-10-22-17)19-21(2,31)16(29)13(9-27)33-19/h7-8,10,13,16,19,27,29,31H,3-6,9H2,1-2H3,(H,24,30)(H,22,23,25,28)/t13-,16-,19-,21-/m1/s1. The van der Waals surface area contributed by atoms with Crippen LogP contribution in [0.3, 0.4) is 0 Å². The minimum absolute atomic E-state index is 0.155. The topological polar surface area (TPSA) is 168 Å². The molecule has 2 aliphatic heterocycles. The van der Waals surface area contributed by atoms with E-state index in [1.54, 1.807) is 0 Å². The summed E-state index contributed by atoms with van der Waals surface area (Å²) >= 11 is 0. The molecule has 12 heteroatoms. The number of nitrogens with one attached hydrogen (secondary N) is 2. The molecule has 0 saturated carbocycles. The van der Waals surface area contributed by atoms with Crippen LogP contribution in [0.1, 0.15) is 44.9 Å². The van der Waals surface area contributed by atoms with Crippen LogP contribution in [0, 0.1) is 0 Å². The van der Waals surface area contributed by atoms with Gasteiger partial charge in [0.2, 0.25) is 0 Å². The Morgan fingerprint density at radius 3 is 2.88 bits per heavy atom. The summed E-state index contributed by atoms with van der Waals surface area (Å²) in [6.07, 6.45) is 2.43. The van der Waals surface area contributed by atoms with E-state index in [0.29, 0.717) is 10.9 Å². The van der Waals surface area contributed by atoms with E-state index >= 15 is 0 Å². The summed E-state index contributed by atoms with van der Waals surface area (Å²) in [6, 6.07) is 0. The number of ether oxygens (including phenoxy) is 2. The van der Waals surface area contributed by atoms with Crippen LogP contribution in [0.25, 0.3) is 16.7 Å². The predicted octanol–water partition coefficient (Wildman–Crippen LogP) is 0.642. The highest BCUT2D eigenvalue weighted by Crippen LogP contribution is 2.42. The molecular weight excluding hydrogens is 434 g/mol. The second-order valence-electron chi connectivity index (χ2n) is 8.27. The molecule has 4 heterocycles. The number of nitrogens with zero attached hydrogens (tertiary/aromatic N) is 3. The van der Waals surface area contributed by atoms with Crippen molar-refractivity contribution in [2.24, 2.45) is 0 Å². The number of anilines is 1. The Morgan fingerprint density at radius 2 is 2.18 bits per heavy atom. The second-order valence-corrected chi connectivity index (χ2v) is 8.27. The van der Waals surface area contributed by atoms with E-state index in [4.69, 9.17) is 9.47 Å². The minimum atomic E-state index is -1.76. The van der Waals surface area contributed by atoms with Crippen LogP contribution in [0.4, 0.5) is 10.6 Å². The number of aliphatic hydroxyl groups is 3. The monoisotopic (exact) mass is 461 g/mol. The molecule has 0 bridgehead atoms. The number of amides is 2. The van der Waals surface area contributed by atoms with Crippen LogP contribution in [0.5, 0.6) is 0 Å². The molecule has 2 amide bonds. The van der Waals surface area contributed by atoms with Gasteiger partial charge in [0.1, 0.15) is 35.6 Å². The summed E-state index contributed by atoms with van der Waals surface area (Å²) in [4.78, 5) is 33.1. The average molecular weight is 461 g/mol. The summed E-state index contributed by atoms with van der Waals surface area (Å²) in [5, 5.41) is 36.5. The third-order valence-electron chi connectivity index (χ3n) is 5.82. The number of hydrogen-bond donors (Lipinski definition) is 5. The Hall–Kier alpha value is -3.06. The zero-order valence-corrected chi connectivity index (χ0v) is 18.3. The lowest BCUT2D eigenvalue weighted by Crippen LogP contribution is -2.44. The van der Waals surface area contributed by atoms with Gasteiger partial charge in [-0.3, -0.25) is 10.1 Å². The van der Waals surface area contributed by atoms with E-state index in [-0.39, 0.29) is 23.8 Å². The quantitative estimate of drug-likeness (QED) is 0.372. The van der Waals surface area contributed by atoms with Crippen molar-refractivity contribution in [3.05, 3.63) is 24.2 Å². The van der Waals surface area contributed by atoms with Crippen molar-refractivity contribution < 1.29 is 34.4 Å². The summed E-state index contributed by atoms with van der Waals surface area (Å²) in [6.45, 7) is 3.18. The molecule has 5 N–H and O–H groups in total. The first kappa shape index (κ1) is 23.1. The van der Waals surface area contributed by atoms with E-state index in [1.807, 2.05) is 6.92 Å². The maximum absolute atomic E-state index is 12.4. The number of aromatic nitrogens is 3. The summed E-state index contributed by atoms with van der Waals surface area (Å²) in [5.41, 5.74) is -0.921. The van der Waals surface area contributed by atoms with Crippen molar-refractivity contribution in [3.63, 3.8) is 0 Å². The number of unbranched alkanes of at least 4 members (excludes halogenated alkanes) is 2. The summed E-state index contributed by atoms with van der Waals surface area (Å²) < 4.78 is 12.4. The van der Waals surface area contributed by atoms with Gasteiger partial charge in [-0.05, 0) is 13.3 Å². The van der Waals surface area contributed by atoms with Crippen LogP contribution in [-0.2, 0) is 14.3 Å². The van der Waals surface area contributed by atoms with Gasteiger partial charge in [0, 0.05) is 17.8 Å². The van der Waals surface area contributed by atoms with Gasteiger partial charge in [0.15, 0.2) is 6.23 Å². The fourth-order valence-electron chi connectivity index (χ4n) is 4.08. The molecule has 0 unspecified atom stereocenters. The molecule has 4 atom stereocenters. The first-order valence-electron chi connectivity index (χ1n) is 10.8. The van der Waals surface area contributed by atoms with Crippen LogP contribution < -0.4 is 10.6 Å². The van der Waals surface area contributed by atoms with Gasteiger partial charge in [-0.15, -0.1) is 0 Å². The van der Waals surface area contributed by atoms with Gasteiger partial charge >= 0.3 is 6.09 Å². The van der Waals surface area contributed by atoms with Crippen molar-refractivity contribution in [2.45, 2.75) is 57.1 Å². The molecule has 12 nitrogen and oxygen atoms in total. The lowest BCUT2D eigenvalue weighted by Gasteiger charge is -2.27. The highest BCUT2D eigenvalue weighted by molar-refractivity contribution is 6.14. The number of aliphatic hydroxyl groups excluding tert-OH is 2. The highest BCUT2D eigenvalue weighted by Gasteiger charge is 2.53. The van der Waals surface area contributed by atoms with Gasteiger partial charge in [-0.2, -0.15) is 0 Å². The number of hydrogen-bond acceptors (Lipinski definition) is 9. The Kier molecular flexibility index (Phi) is 6.34. The van der Waals surface area contributed by atoms with Crippen molar-refractivity contribution in [1.82, 2.24) is 19.9 Å². The van der Waals surface area contributed by atoms with Crippen molar-refractivity contribution >= 4 is 34.5 Å². The van der Waals surface area contributed by atoms with Crippen LogP contribution in [-0.4, -0.2) is 72.9 Å². The SMILES string of the molecule is CCCCCOC(=O)NC1=CC(=O)Nc2ncnc3c2c1cn3[C@@H]1O[C@H](CO)[C@@H](O)[C@@]1(C)O. The largest absolute Gasteiger partial charge is 0.449 e. The molecule has 2 aliphatic rings. The molecule has 4 rings (SSSR count). The fraction of sp³-hybridized carbons (Fsp3) is 0.524. The zero-order chi connectivity index (χ0) is 23.8. The average Bonchev–Trinajstić information content (AvgIpc) is 3.21. The Labute approximate surface area is 189 Å². The van der Waals surface area contributed by atoms with Gasteiger partial charge in [-0.1, -0.05) is 19.8 Å². The zero-order valence-electron chi connectivity index (χ0n) is 18.3. The Morgan fingerprint density at radius 1 is 1.39 bits per heavy atom. The van der Waals surface area contributed by atoms with Crippen molar-refractivity contribution in [3.8, 4) is 0 Å². The number of alkyl carbamates (subject to hydrolysis) is 1. The van der Waals surface area contributed by atoms with E-state index in [1.165, 1.54) is 30.1 Å². The number of carbonyl (C=O) groups excluding carboxylic acids is 2. The van der Waals surface area contributed by atoms with Crippen LogP contribution in [0.2, 0.25) is 0 Å². The van der Waals surface area contributed by atoms with Crippen LogP contribution >= 0.6 is 0 Å². The van der Waals surface area contributed by atoms with Crippen LogP contribution in [0.15, 0.2) is 18.6 Å². The molecule has 0 radical (unpaired) electrons. The first-order chi connectivity index (χ1) is 15.8. The molecule has 0 spiro atoms. The molecule has 33 heavy (non-hydrogen) atoms. The van der Waals surface area contributed by atoms with E-state index in [9.17, 15) is 24.9 Å². The third kappa shape index (κ3) is 4.17. The van der Waals surface area contributed by atoms with Crippen molar-refractivity contribution in [1.29, 1.82) is 0 Å². The van der Waals surface area contributed by atoms with E-state index < -0.39 is 42.6 Å². The molecule has 1 saturated heterocycles. The predicted molar refractivity (Wildman–Crippen MR) is 116 cm³/mol. The molecule has 0 aromatic carbocycles. The molecule has 1 fully saturated rings. The molecular formula is C21H27N5O7. The minimum Gasteiger partial charge on any atom is -0.449 e. The second kappa shape index (κ2) is 9.06. The maximum Gasteiger partial charge on any atom is 0.411 e. The Balaban J connectivity index is 1.73. The Bertz CT molecular complexity index is 1100. The maximum atomic E-state index is 12.4. The summed E-state index contributed by atoms with van der Waals surface area (Å²) in [5.74, 6) is -0.293. The molecule has 0 aliphatic carbocycles. The third-order valence-corrected chi connectivity index (χ3v) is 5.82. The lowest BCUT2D eigenvalue weighted by molar-refractivity contribution is -0.111. The normalized spacial score (nSPS) is 26.6. The van der Waals surface area contributed by atoms with Gasteiger partial charge in [0.25, 0.3) is 5.91 Å². The van der Waals surface area contributed by atoms with Gasteiger partial charge in [0.05, 0.1) is 24.3 Å². The lowest BCUT2D eigenvalue weighted by atomic mass is 9.96. The van der Waals surface area contributed by atoms with Gasteiger partial charge in [-0.25, -0.2) is 14.8 Å². The molecule has 2 aromatic heterocycles. The van der Waals surface area contributed by atoms with E-state index in [2.05, 4.69) is 20.6 Å². The number of carbonyl (C=O) groups is 2. The molecule has 2 aromatic rings. The summed E-state index contributed by atoms with van der Waals surface area (Å²) in [7, 11) is 0. The van der Waals surface area contributed by atoms with E-state index in [0.717, 1.165) is 19.3 Å². The highest BCUT2D eigenvalue weighted by atomic mass is 16.6. The van der Waals surface area contributed by atoms with Crippen molar-refractivity contribution in [2.75, 3.05) is 18.5 Å². The smallest absolute Gasteiger partial charge is 0.411 e. The molecule has 178 valence electrons. The fourth-order valence-corrected chi connectivity index (χ4v) is 4.08. The number of rotatable bonds is 7.